The van der Waals surface area contributed by atoms with Crippen LogP contribution in [-0.4, -0.2) is 9.78 Å². The Morgan fingerprint density at radius 1 is 1.20 bits per heavy atom. The van der Waals surface area contributed by atoms with Crippen molar-refractivity contribution >= 4 is 15.9 Å². The lowest BCUT2D eigenvalue weighted by Crippen LogP contribution is -2.03. The molecule has 78 valence electrons. The first-order valence-corrected chi connectivity index (χ1v) is 5.70. The second kappa shape index (κ2) is 4.19. The third-order valence-corrected chi connectivity index (χ3v) is 3.00. The highest BCUT2D eigenvalue weighted by Crippen LogP contribution is 2.15. The fraction of sp³-hybridized carbons (Fsp3) is 0.250. The first-order valence-electron chi connectivity index (χ1n) is 4.91. The molecule has 0 aliphatic carbocycles. The minimum absolute atomic E-state index is 0.837. The van der Waals surface area contributed by atoms with Crippen LogP contribution in [0, 0.1) is 13.8 Å². The van der Waals surface area contributed by atoms with Crippen molar-refractivity contribution in [3.8, 4) is 0 Å². The zero-order valence-corrected chi connectivity index (χ0v) is 10.5. The van der Waals surface area contributed by atoms with Gasteiger partial charge in [0.15, 0.2) is 0 Å². The number of hydrogen-bond acceptors (Lipinski definition) is 1. The van der Waals surface area contributed by atoms with Gasteiger partial charge in [0.1, 0.15) is 4.60 Å². The first-order chi connectivity index (χ1) is 7.16. The Morgan fingerprint density at radius 3 is 2.40 bits per heavy atom. The van der Waals surface area contributed by atoms with Crippen LogP contribution in [0.25, 0.3) is 0 Å². The lowest BCUT2D eigenvalue weighted by molar-refractivity contribution is 0.676. The Labute approximate surface area is 98.1 Å². The zero-order chi connectivity index (χ0) is 10.8. The van der Waals surface area contributed by atoms with Gasteiger partial charge in [0.25, 0.3) is 0 Å². The molecule has 0 spiro atoms. The van der Waals surface area contributed by atoms with Crippen molar-refractivity contribution in [3.05, 3.63) is 51.8 Å². The molecule has 0 unspecified atom stereocenters. The summed E-state index contributed by atoms with van der Waals surface area (Å²) in [5, 5.41) is 4.32. The monoisotopic (exact) mass is 264 g/mol. The van der Waals surface area contributed by atoms with Crippen LogP contribution in [0.3, 0.4) is 0 Å². The Morgan fingerprint density at radius 2 is 1.87 bits per heavy atom. The van der Waals surface area contributed by atoms with Gasteiger partial charge in [-0.3, -0.25) is 4.68 Å². The van der Waals surface area contributed by atoms with Crippen molar-refractivity contribution in [1.29, 1.82) is 0 Å². The third kappa shape index (κ3) is 2.29. The van der Waals surface area contributed by atoms with E-state index < -0.39 is 0 Å². The van der Waals surface area contributed by atoms with Crippen LogP contribution in [0.4, 0.5) is 0 Å². The molecular formula is C12H13BrN2. The maximum Gasteiger partial charge on any atom is 0.128 e. The minimum Gasteiger partial charge on any atom is -0.267 e. The summed E-state index contributed by atoms with van der Waals surface area (Å²) in [6, 6.07) is 8.32. The van der Waals surface area contributed by atoms with E-state index in [-0.39, 0.29) is 0 Å². The lowest BCUT2D eigenvalue weighted by atomic mass is 10.0. The SMILES string of the molecule is Cc1cccc(C)c1Cn1ccc(Br)n1. The fourth-order valence-electron chi connectivity index (χ4n) is 1.69. The van der Waals surface area contributed by atoms with E-state index in [4.69, 9.17) is 0 Å². The van der Waals surface area contributed by atoms with Gasteiger partial charge in [-0.25, -0.2) is 0 Å². The van der Waals surface area contributed by atoms with Gasteiger partial charge in [0, 0.05) is 6.20 Å². The molecule has 0 N–H and O–H groups in total. The Bertz CT molecular complexity index is 454. The molecule has 2 aromatic rings. The van der Waals surface area contributed by atoms with Gasteiger partial charge in [-0.1, -0.05) is 18.2 Å². The number of rotatable bonds is 2. The van der Waals surface area contributed by atoms with Gasteiger partial charge in [-0.15, -0.1) is 0 Å². The molecule has 0 fully saturated rings. The highest BCUT2D eigenvalue weighted by molar-refractivity contribution is 9.10. The largest absolute Gasteiger partial charge is 0.267 e. The molecule has 2 rings (SSSR count). The molecule has 3 heteroatoms. The summed E-state index contributed by atoms with van der Waals surface area (Å²) >= 11 is 3.35. The molecule has 15 heavy (non-hydrogen) atoms. The van der Waals surface area contributed by atoms with E-state index in [1.807, 2.05) is 16.9 Å². The molecular weight excluding hydrogens is 252 g/mol. The predicted octanol–water partition coefficient (Wildman–Crippen LogP) is 3.31. The van der Waals surface area contributed by atoms with Gasteiger partial charge in [-0.2, -0.15) is 5.10 Å². The van der Waals surface area contributed by atoms with Crippen LogP contribution in [0.15, 0.2) is 35.1 Å². The average Bonchev–Trinajstić information content (AvgIpc) is 2.58. The standard InChI is InChI=1S/C12H13BrN2/c1-9-4-3-5-10(2)11(9)8-15-7-6-12(13)14-15/h3-7H,8H2,1-2H3. The average molecular weight is 265 g/mol. The van der Waals surface area contributed by atoms with Crippen molar-refractivity contribution in [3.63, 3.8) is 0 Å². The number of hydrogen-bond donors (Lipinski definition) is 0. The van der Waals surface area contributed by atoms with Crippen molar-refractivity contribution in [2.24, 2.45) is 0 Å². The number of benzene rings is 1. The van der Waals surface area contributed by atoms with E-state index in [2.05, 4.69) is 53.1 Å². The molecule has 0 saturated carbocycles. The summed E-state index contributed by atoms with van der Waals surface area (Å²) in [5.41, 5.74) is 4.00. The fourth-order valence-corrected chi connectivity index (χ4v) is 2.01. The van der Waals surface area contributed by atoms with Crippen LogP contribution >= 0.6 is 15.9 Å². The number of aryl methyl sites for hydroxylation is 2. The summed E-state index contributed by atoms with van der Waals surface area (Å²) in [6.45, 7) is 5.12. The lowest BCUT2D eigenvalue weighted by Gasteiger charge is -2.09. The van der Waals surface area contributed by atoms with Crippen molar-refractivity contribution in [2.75, 3.05) is 0 Å². The molecule has 0 aliphatic heterocycles. The van der Waals surface area contributed by atoms with Crippen LogP contribution < -0.4 is 0 Å². The van der Waals surface area contributed by atoms with Crippen LogP contribution in [0.2, 0.25) is 0 Å². The smallest absolute Gasteiger partial charge is 0.128 e. The highest BCUT2D eigenvalue weighted by atomic mass is 79.9. The van der Waals surface area contributed by atoms with E-state index in [1.54, 1.807) is 0 Å². The zero-order valence-electron chi connectivity index (χ0n) is 8.87. The maximum atomic E-state index is 4.32. The second-order valence-corrected chi connectivity index (χ2v) is 4.52. The van der Waals surface area contributed by atoms with Gasteiger partial charge in [0.05, 0.1) is 6.54 Å². The van der Waals surface area contributed by atoms with Crippen molar-refractivity contribution in [2.45, 2.75) is 20.4 Å². The predicted molar refractivity (Wildman–Crippen MR) is 64.9 cm³/mol. The van der Waals surface area contributed by atoms with Crippen molar-refractivity contribution in [1.82, 2.24) is 9.78 Å². The van der Waals surface area contributed by atoms with Crippen molar-refractivity contribution < 1.29 is 0 Å². The van der Waals surface area contributed by atoms with Crippen LogP contribution in [0.1, 0.15) is 16.7 Å². The van der Waals surface area contributed by atoms with E-state index in [0.717, 1.165) is 11.1 Å². The molecule has 1 aromatic heterocycles. The molecule has 2 nitrogen and oxygen atoms in total. The minimum atomic E-state index is 0.837. The van der Waals surface area contributed by atoms with E-state index in [1.165, 1.54) is 16.7 Å². The van der Waals surface area contributed by atoms with Crippen LogP contribution in [0.5, 0.6) is 0 Å². The van der Waals surface area contributed by atoms with E-state index in [0.29, 0.717) is 0 Å². The molecule has 1 aromatic carbocycles. The van der Waals surface area contributed by atoms with Gasteiger partial charge < -0.3 is 0 Å². The molecule has 1 heterocycles. The summed E-state index contributed by atoms with van der Waals surface area (Å²) in [7, 11) is 0. The topological polar surface area (TPSA) is 17.8 Å². The molecule has 0 saturated heterocycles. The normalized spacial score (nSPS) is 10.6. The summed E-state index contributed by atoms with van der Waals surface area (Å²) in [6.07, 6.45) is 1.98. The summed E-state index contributed by atoms with van der Waals surface area (Å²) < 4.78 is 2.83. The van der Waals surface area contributed by atoms with E-state index >= 15 is 0 Å². The molecule has 0 bridgehead atoms. The third-order valence-electron chi connectivity index (χ3n) is 2.57. The van der Waals surface area contributed by atoms with Gasteiger partial charge in [0.2, 0.25) is 0 Å². The van der Waals surface area contributed by atoms with Gasteiger partial charge >= 0.3 is 0 Å². The molecule has 0 amide bonds. The van der Waals surface area contributed by atoms with Crippen LogP contribution in [-0.2, 0) is 6.54 Å². The first kappa shape index (κ1) is 10.4. The quantitative estimate of drug-likeness (QED) is 0.814. The molecule has 0 atom stereocenters. The summed E-state index contributed by atoms with van der Waals surface area (Å²) in [5.74, 6) is 0. The number of aromatic nitrogens is 2. The highest BCUT2D eigenvalue weighted by Gasteiger charge is 2.03. The summed E-state index contributed by atoms with van der Waals surface area (Å²) in [4.78, 5) is 0. The second-order valence-electron chi connectivity index (χ2n) is 3.71. The Hall–Kier alpha value is -1.09. The number of halogens is 1. The Kier molecular flexibility index (Phi) is 2.91. The maximum absolute atomic E-state index is 4.32. The molecule has 0 radical (unpaired) electrons. The number of nitrogens with zero attached hydrogens (tertiary/aromatic N) is 2. The van der Waals surface area contributed by atoms with E-state index in [9.17, 15) is 0 Å². The molecule has 0 aliphatic rings. The van der Waals surface area contributed by atoms with Gasteiger partial charge in [-0.05, 0) is 52.5 Å². The Balaban J connectivity index is 2.31.